The van der Waals surface area contributed by atoms with Gasteiger partial charge in [0.1, 0.15) is 10.7 Å². The Morgan fingerprint density at radius 2 is 2.38 bits per heavy atom. The van der Waals surface area contributed by atoms with Crippen molar-refractivity contribution in [1.82, 2.24) is 24.0 Å². The fraction of sp³-hybridized carbons (Fsp3) is 0.571. The molecule has 0 aliphatic carbocycles. The van der Waals surface area contributed by atoms with E-state index >= 15 is 0 Å². The van der Waals surface area contributed by atoms with Crippen LogP contribution in [0.2, 0.25) is 0 Å². The fourth-order valence-corrected chi connectivity index (χ4v) is 3.60. The highest BCUT2D eigenvalue weighted by Gasteiger charge is 2.28. The van der Waals surface area contributed by atoms with Crippen LogP contribution in [0.5, 0.6) is 0 Å². The molecule has 0 aromatic carbocycles. The number of carbonyl (C=O) groups excluding carboxylic acids is 1. The van der Waals surface area contributed by atoms with E-state index in [1.807, 2.05) is 31.1 Å². The molecule has 0 bridgehead atoms. The summed E-state index contributed by atoms with van der Waals surface area (Å²) >= 11 is 1.21. The van der Waals surface area contributed by atoms with Crippen LogP contribution in [-0.4, -0.2) is 43.0 Å². The number of piperidine rings is 1. The summed E-state index contributed by atoms with van der Waals surface area (Å²) in [7, 11) is 0. The number of carbonyl (C=O) groups is 1. The highest BCUT2D eigenvalue weighted by atomic mass is 32.1. The van der Waals surface area contributed by atoms with Crippen molar-refractivity contribution in [3.05, 3.63) is 28.8 Å². The molecule has 0 unspecified atom stereocenters. The molecule has 2 aromatic rings. The highest BCUT2D eigenvalue weighted by Crippen LogP contribution is 2.25. The van der Waals surface area contributed by atoms with Gasteiger partial charge in [0.05, 0.1) is 11.7 Å². The van der Waals surface area contributed by atoms with Gasteiger partial charge in [-0.1, -0.05) is 11.4 Å². The molecule has 0 N–H and O–H groups in total. The standard InChI is InChI=1S/C14H19N5OS/c1-3-12-13(21-17-16-12)14(20)18-7-4-5-11(9-18)19-8-6-15-10(19)2/h6,8,11H,3-5,7,9H2,1-2H3/t11-/m0/s1. The van der Waals surface area contributed by atoms with E-state index in [2.05, 4.69) is 19.1 Å². The molecule has 6 nitrogen and oxygen atoms in total. The van der Waals surface area contributed by atoms with Crippen LogP contribution in [0, 0.1) is 6.92 Å². The lowest BCUT2D eigenvalue weighted by molar-refractivity contribution is 0.0682. The lowest BCUT2D eigenvalue weighted by Crippen LogP contribution is -2.40. The largest absolute Gasteiger partial charge is 0.336 e. The van der Waals surface area contributed by atoms with E-state index in [0.29, 0.717) is 10.9 Å². The molecule has 0 spiro atoms. The molecule has 3 rings (SSSR count). The highest BCUT2D eigenvalue weighted by molar-refractivity contribution is 7.08. The molecule has 2 aromatic heterocycles. The van der Waals surface area contributed by atoms with Crippen molar-refractivity contribution >= 4 is 17.4 Å². The molecule has 1 atom stereocenters. The SMILES string of the molecule is CCc1nnsc1C(=O)N1CCC[C@H](n2ccnc2C)C1. The van der Waals surface area contributed by atoms with Gasteiger partial charge in [-0.2, -0.15) is 0 Å². The topological polar surface area (TPSA) is 63.9 Å². The number of hydrogen-bond donors (Lipinski definition) is 0. The minimum Gasteiger partial charge on any atom is -0.336 e. The zero-order chi connectivity index (χ0) is 14.8. The van der Waals surface area contributed by atoms with Crippen LogP contribution < -0.4 is 0 Å². The van der Waals surface area contributed by atoms with Gasteiger partial charge in [0, 0.05) is 25.5 Å². The van der Waals surface area contributed by atoms with Gasteiger partial charge < -0.3 is 9.47 Å². The molecule has 1 fully saturated rings. The van der Waals surface area contributed by atoms with E-state index in [1.54, 1.807) is 0 Å². The second-order valence-corrected chi connectivity index (χ2v) is 6.09. The van der Waals surface area contributed by atoms with Crippen molar-refractivity contribution in [1.29, 1.82) is 0 Å². The van der Waals surface area contributed by atoms with Crippen LogP contribution in [0.4, 0.5) is 0 Å². The summed E-state index contributed by atoms with van der Waals surface area (Å²) in [4.78, 5) is 19.6. The van der Waals surface area contributed by atoms with Gasteiger partial charge in [0.2, 0.25) is 0 Å². The number of amides is 1. The zero-order valence-corrected chi connectivity index (χ0v) is 13.1. The Kier molecular flexibility index (Phi) is 4.01. The van der Waals surface area contributed by atoms with E-state index < -0.39 is 0 Å². The second-order valence-electron chi connectivity index (χ2n) is 5.33. The number of aryl methyl sites for hydroxylation is 2. The van der Waals surface area contributed by atoms with Crippen molar-refractivity contribution in [3.63, 3.8) is 0 Å². The van der Waals surface area contributed by atoms with Crippen molar-refractivity contribution in [3.8, 4) is 0 Å². The smallest absolute Gasteiger partial charge is 0.267 e. The van der Waals surface area contributed by atoms with Crippen LogP contribution >= 0.6 is 11.5 Å². The Labute approximate surface area is 128 Å². The fourth-order valence-electron chi connectivity index (χ4n) is 2.89. The van der Waals surface area contributed by atoms with Crippen molar-refractivity contribution in [2.75, 3.05) is 13.1 Å². The predicted molar refractivity (Wildman–Crippen MR) is 80.4 cm³/mol. The number of rotatable bonds is 3. The van der Waals surface area contributed by atoms with Crippen LogP contribution in [0.15, 0.2) is 12.4 Å². The van der Waals surface area contributed by atoms with Crippen LogP contribution in [0.1, 0.15) is 47.0 Å². The molecule has 1 aliphatic rings. The molecule has 0 saturated carbocycles. The number of imidazole rings is 1. The van der Waals surface area contributed by atoms with Gasteiger partial charge in [-0.25, -0.2) is 4.98 Å². The lowest BCUT2D eigenvalue weighted by Gasteiger charge is -2.33. The van der Waals surface area contributed by atoms with E-state index in [0.717, 1.165) is 43.9 Å². The summed E-state index contributed by atoms with van der Waals surface area (Å²) < 4.78 is 6.09. The molecule has 1 amide bonds. The van der Waals surface area contributed by atoms with Gasteiger partial charge >= 0.3 is 0 Å². The molecule has 21 heavy (non-hydrogen) atoms. The van der Waals surface area contributed by atoms with Crippen LogP contribution in [0.3, 0.4) is 0 Å². The minimum atomic E-state index is 0.0734. The first-order valence-electron chi connectivity index (χ1n) is 7.30. The van der Waals surface area contributed by atoms with Crippen LogP contribution in [-0.2, 0) is 6.42 Å². The second kappa shape index (κ2) is 5.93. The Morgan fingerprint density at radius 3 is 3.10 bits per heavy atom. The number of nitrogens with zero attached hydrogens (tertiary/aromatic N) is 5. The summed E-state index contributed by atoms with van der Waals surface area (Å²) in [6.45, 7) is 5.55. The summed E-state index contributed by atoms with van der Waals surface area (Å²) in [5.41, 5.74) is 0.811. The Hall–Kier alpha value is -1.76. The zero-order valence-electron chi connectivity index (χ0n) is 12.3. The molecular formula is C14H19N5OS. The minimum absolute atomic E-state index is 0.0734. The maximum Gasteiger partial charge on any atom is 0.267 e. The molecule has 3 heterocycles. The monoisotopic (exact) mass is 305 g/mol. The number of hydrogen-bond acceptors (Lipinski definition) is 5. The normalized spacial score (nSPS) is 19.0. The summed E-state index contributed by atoms with van der Waals surface area (Å²) in [5.74, 6) is 1.08. The average molecular weight is 305 g/mol. The molecule has 1 aliphatic heterocycles. The van der Waals surface area contributed by atoms with Crippen molar-refractivity contribution in [2.45, 2.75) is 39.2 Å². The van der Waals surface area contributed by atoms with E-state index in [4.69, 9.17) is 0 Å². The van der Waals surface area contributed by atoms with Crippen molar-refractivity contribution < 1.29 is 4.79 Å². The van der Waals surface area contributed by atoms with E-state index in [-0.39, 0.29) is 5.91 Å². The average Bonchev–Trinajstić information content (AvgIpc) is 3.15. The molecule has 1 saturated heterocycles. The van der Waals surface area contributed by atoms with Crippen LogP contribution in [0.25, 0.3) is 0 Å². The first-order chi connectivity index (χ1) is 10.2. The van der Waals surface area contributed by atoms with Gasteiger partial charge in [-0.15, -0.1) is 5.10 Å². The quantitative estimate of drug-likeness (QED) is 0.871. The van der Waals surface area contributed by atoms with Gasteiger partial charge in [-0.3, -0.25) is 4.79 Å². The first-order valence-corrected chi connectivity index (χ1v) is 8.08. The summed E-state index contributed by atoms with van der Waals surface area (Å²) in [6.07, 6.45) is 6.66. The van der Waals surface area contributed by atoms with Gasteiger partial charge in [0.25, 0.3) is 5.91 Å². The lowest BCUT2D eigenvalue weighted by atomic mass is 10.0. The third-order valence-corrected chi connectivity index (χ3v) is 4.78. The number of aromatic nitrogens is 4. The van der Waals surface area contributed by atoms with Crippen molar-refractivity contribution in [2.24, 2.45) is 0 Å². The first kappa shape index (κ1) is 14.2. The molecule has 7 heteroatoms. The summed E-state index contributed by atoms with van der Waals surface area (Å²) in [5, 5.41) is 4.04. The summed E-state index contributed by atoms with van der Waals surface area (Å²) in [6, 6.07) is 0.316. The Bertz CT molecular complexity index is 635. The Morgan fingerprint density at radius 1 is 1.52 bits per heavy atom. The van der Waals surface area contributed by atoms with E-state index in [1.165, 1.54) is 11.5 Å². The van der Waals surface area contributed by atoms with Gasteiger partial charge in [0.15, 0.2) is 0 Å². The number of likely N-dealkylation sites (tertiary alicyclic amines) is 1. The molecular weight excluding hydrogens is 286 g/mol. The maximum absolute atomic E-state index is 12.7. The Balaban J connectivity index is 1.77. The molecule has 0 radical (unpaired) electrons. The predicted octanol–water partition coefficient (Wildman–Crippen LogP) is 2.08. The molecule has 112 valence electrons. The third kappa shape index (κ3) is 2.70. The third-order valence-electron chi connectivity index (χ3n) is 4.02. The maximum atomic E-state index is 12.7. The van der Waals surface area contributed by atoms with E-state index in [9.17, 15) is 4.79 Å². The van der Waals surface area contributed by atoms with Gasteiger partial charge in [-0.05, 0) is 37.7 Å².